The molecule has 20 heavy (non-hydrogen) atoms. The average molecular weight is 274 g/mol. The molecule has 3 unspecified atom stereocenters. The maximum atomic E-state index is 12.5. The molecule has 0 radical (unpaired) electrons. The van der Waals surface area contributed by atoms with Crippen molar-refractivity contribution in [2.24, 2.45) is 5.92 Å². The summed E-state index contributed by atoms with van der Waals surface area (Å²) in [6, 6.07) is 9.51. The molecule has 0 saturated heterocycles. The molecule has 2 nitrogen and oxygen atoms in total. The summed E-state index contributed by atoms with van der Waals surface area (Å²) in [5.41, 5.74) is 0.766. The smallest absolute Gasteiger partial charge is 0.191 e. The van der Waals surface area contributed by atoms with Crippen LogP contribution >= 0.6 is 0 Å². The molecule has 1 aromatic rings. The second-order valence-electron chi connectivity index (χ2n) is 5.83. The van der Waals surface area contributed by atoms with Gasteiger partial charge in [0, 0.05) is 5.56 Å². The molecular weight excluding hydrogens is 248 g/mol. The standard InChI is InChI=1S/C18H26O2/c1-3-14-9-8-12-16(13-14)20-17(4-2)18(19)15-10-6-5-7-11-15/h5-7,10-11,14,16-17H,3-4,8-9,12-13H2,1-2H3. The van der Waals surface area contributed by atoms with Gasteiger partial charge in [-0.2, -0.15) is 0 Å². The van der Waals surface area contributed by atoms with Gasteiger partial charge in [0.1, 0.15) is 6.10 Å². The van der Waals surface area contributed by atoms with Crippen molar-refractivity contribution < 1.29 is 9.53 Å². The maximum Gasteiger partial charge on any atom is 0.191 e. The van der Waals surface area contributed by atoms with E-state index in [0.717, 1.165) is 30.7 Å². The van der Waals surface area contributed by atoms with E-state index in [2.05, 4.69) is 6.92 Å². The number of ether oxygens (including phenoxy) is 1. The Bertz CT molecular complexity index is 413. The zero-order valence-electron chi connectivity index (χ0n) is 12.7. The van der Waals surface area contributed by atoms with Crippen molar-refractivity contribution >= 4 is 5.78 Å². The van der Waals surface area contributed by atoms with Gasteiger partial charge in [-0.1, -0.05) is 63.4 Å². The minimum Gasteiger partial charge on any atom is -0.367 e. The number of hydrogen-bond donors (Lipinski definition) is 0. The van der Waals surface area contributed by atoms with Crippen molar-refractivity contribution in [1.82, 2.24) is 0 Å². The van der Waals surface area contributed by atoms with E-state index in [4.69, 9.17) is 4.74 Å². The lowest BCUT2D eigenvalue weighted by molar-refractivity contribution is -0.0301. The Kier molecular flexibility index (Phi) is 5.78. The molecule has 0 aromatic heterocycles. The highest BCUT2D eigenvalue weighted by Gasteiger charge is 2.27. The third-order valence-corrected chi connectivity index (χ3v) is 4.39. The Hall–Kier alpha value is -1.15. The summed E-state index contributed by atoms with van der Waals surface area (Å²) in [7, 11) is 0. The monoisotopic (exact) mass is 274 g/mol. The lowest BCUT2D eigenvalue weighted by Crippen LogP contribution is -2.32. The van der Waals surface area contributed by atoms with Crippen LogP contribution in [-0.4, -0.2) is 18.0 Å². The topological polar surface area (TPSA) is 26.3 Å². The van der Waals surface area contributed by atoms with Crippen LogP contribution in [0.1, 0.15) is 62.7 Å². The normalized spacial score (nSPS) is 24.3. The fourth-order valence-corrected chi connectivity index (χ4v) is 3.10. The van der Waals surface area contributed by atoms with Gasteiger partial charge in [-0.15, -0.1) is 0 Å². The van der Waals surface area contributed by atoms with Crippen molar-refractivity contribution in [2.75, 3.05) is 0 Å². The summed E-state index contributed by atoms with van der Waals surface area (Å²) in [4.78, 5) is 12.5. The first-order valence-corrected chi connectivity index (χ1v) is 7.99. The number of hydrogen-bond acceptors (Lipinski definition) is 2. The Morgan fingerprint density at radius 1 is 1.25 bits per heavy atom. The molecule has 2 heteroatoms. The lowest BCUT2D eigenvalue weighted by atomic mass is 9.85. The van der Waals surface area contributed by atoms with E-state index < -0.39 is 0 Å². The molecule has 0 aliphatic heterocycles. The van der Waals surface area contributed by atoms with Crippen LogP contribution in [0.2, 0.25) is 0 Å². The second-order valence-corrected chi connectivity index (χ2v) is 5.83. The summed E-state index contributed by atoms with van der Waals surface area (Å²) >= 11 is 0. The van der Waals surface area contributed by atoms with E-state index in [1.807, 2.05) is 37.3 Å². The van der Waals surface area contributed by atoms with E-state index in [9.17, 15) is 4.79 Å². The summed E-state index contributed by atoms with van der Waals surface area (Å²) in [5, 5.41) is 0. The van der Waals surface area contributed by atoms with Crippen LogP contribution < -0.4 is 0 Å². The molecule has 110 valence electrons. The number of Topliss-reactive ketones (excluding diaryl/α,β-unsaturated/α-hetero) is 1. The van der Waals surface area contributed by atoms with Gasteiger partial charge >= 0.3 is 0 Å². The zero-order valence-corrected chi connectivity index (χ0v) is 12.7. The minimum atomic E-state index is -0.280. The van der Waals surface area contributed by atoms with Gasteiger partial charge in [0.15, 0.2) is 5.78 Å². The van der Waals surface area contributed by atoms with Crippen molar-refractivity contribution in [1.29, 1.82) is 0 Å². The highest BCUT2D eigenvalue weighted by Crippen LogP contribution is 2.29. The number of benzene rings is 1. The molecule has 3 atom stereocenters. The molecule has 0 amide bonds. The largest absolute Gasteiger partial charge is 0.367 e. The highest BCUT2D eigenvalue weighted by molar-refractivity contribution is 5.99. The van der Waals surface area contributed by atoms with Gasteiger partial charge < -0.3 is 4.74 Å². The average Bonchev–Trinajstić information content (AvgIpc) is 2.53. The van der Waals surface area contributed by atoms with Crippen molar-refractivity contribution in [3.8, 4) is 0 Å². The fraction of sp³-hybridized carbons (Fsp3) is 0.611. The van der Waals surface area contributed by atoms with Crippen LogP contribution in [0.3, 0.4) is 0 Å². The number of carbonyl (C=O) groups excluding carboxylic acids is 1. The van der Waals surface area contributed by atoms with E-state index in [1.54, 1.807) is 0 Å². The molecular formula is C18H26O2. The van der Waals surface area contributed by atoms with Gasteiger partial charge in [0.05, 0.1) is 6.10 Å². The molecule has 1 fully saturated rings. The first-order valence-electron chi connectivity index (χ1n) is 7.99. The van der Waals surface area contributed by atoms with Crippen LogP contribution in [0.25, 0.3) is 0 Å². The Balaban J connectivity index is 1.96. The summed E-state index contributed by atoms with van der Waals surface area (Å²) in [6.45, 7) is 4.28. The molecule has 0 N–H and O–H groups in total. The molecule has 0 spiro atoms. The van der Waals surface area contributed by atoms with Crippen molar-refractivity contribution in [3.63, 3.8) is 0 Å². The molecule has 0 heterocycles. The third kappa shape index (κ3) is 3.92. The first kappa shape index (κ1) is 15.2. The molecule has 1 aromatic carbocycles. The molecule has 1 aliphatic carbocycles. The van der Waals surface area contributed by atoms with Crippen LogP contribution in [0.15, 0.2) is 30.3 Å². The fourth-order valence-electron chi connectivity index (χ4n) is 3.10. The molecule has 1 aliphatic rings. The van der Waals surface area contributed by atoms with Gasteiger partial charge in [-0.3, -0.25) is 4.79 Å². The zero-order chi connectivity index (χ0) is 14.4. The van der Waals surface area contributed by atoms with Crippen LogP contribution in [0.5, 0.6) is 0 Å². The number of ketones is 1. The predicted molar refractivity (Wildman–Crippen MR) is 82.0 cm³/mol. The van der Waals surface area contributed by atoms with E-state index in [1.165, 1.54) is 19.3 Å². The molecule has 0 bridgehead atoms. The van der Waals surface area contributed by atoms with Gasteiger partial charge in [0.2, 0.25) is 0 Å². The Morgan fingerprint density at radius 3 is 2.65 bits per heavy atom. The Labute approximate surface area is 122 Å². The second kappa shape index (κ2) is 7.58. The van der Waals surface area contributed by atoms with Crippen LogP contribution in [-0.2, 0) is 4.74 Å². The van der Waals surface area contributed by atoms with Crippen molar-refractivity contribution in [2.45, 2.75) is 64.6 Å². The minimum absolute atomic E-state index is 0.131. The van der Waals surface area contributed by atoms with Gasteiger partial charge in [-0.05, 0) is 25.2 Å². The SMILES string of the molecule is CCC1CCCC(OC(CC)C(=O)c2ccccc2)C1. The molecule has 1 saturated carbocycles. The third-order valence-electron chi connectivity index (χ3n) is 4.39. The van der Waals surface area contributed by atoms with Crippen LogP contribution in [0.4, 0.5) is 0 Å². The summed E-state index contributed by atoms with van der Waals surface area (Å²) in [5.74, 6) is 0.907. The molecule has 2 rings (SSSR count). The van der Waals surface area contributed by atoms with E-state index in [0.29, 0.717) is 0 Å². The maximum absolute atomic E-state index is 12.5. The lowest BCUT2D eigenvalue weighted by Gasteiger charge is -2.31. The quantitative estimate of drug-likeness (QED) is 0.707. The van der Waals surface area contributed by atoms with E-state index >= 15 is 0 Å². The summed E-state index contributed by atoms with van der Waals surface area (Å²) < 4.78 is 6.14. The first-order chi connectivity index (χ1) is 9.74. The van der Waals surface area contributed by atoms with Gasteiger partial charge in [0.25, 0.3) is 0 Å². The van der Waals surface area contributed by atoms with Crippen molar-refractivity contribution in [3.05, 3.63) is 35.9 Å². The predicted octanol–water partition coefficient (Wildman–Crippen LogP) is 4.63. The van der Waals surface area contributed by atoms with Gasteiger partial charge in [-0.25, -0.2) is 0 Å². The number of rotatable bonds is 6. The summed E-state index contributed by atoms with van der Waals surface area (Å²) in [6.07, 6.45) is 6.75. The number of carbonyl (C=O) groups is 1. The highest BCUT2D eigenvalue weighted by atomic mass is 16.5. The Morgan fingerprint density at radius 2 is 2.00 bits per heavy atom. The van der Waals surface area contributed by atoms with Crippen LogP contribution in [0, 0.1) is 5.92 Å². The van der Waals surface area contributed by atoms with E-state index in [-0.39, 0.29) is 18.0 Å².